The molecule has 176 valence electrons. The van der Waals surface area contributed by atoms with E-state index in [1.807, 2.05) is 5.51 Å². The molecule has 2 saturated heterocycles. The largest absolute Gasteiger partial charge is 0.490 e. The Morgan fingerprint density at radius 2 is 2.13 bits per heavy atom. The third-order valence-corrected chi connectivity index (χ3v) is 6.34. The van der Waals surface area contributed by atoms with Crippen molar-refractivity contribution < 1.29 is 37.3 Å². The van der Waals surface area contributed by atoms with Crippen LogP contribution >= 0.6 is 11.3 Å². The zero-order chi connectivity index (χ0) is 23.2. The van der Waals surface area contributed by atoms with Crippen molar-refractivity contribution >= 4 is 23.2 Å². The van der Waals surface area contributed by atoms with Gasteiger partial charge in [-0.2, -0.15) is 13.2 Å². The number of aromatic nitrogens is 1. The number of hydrogen-bond acceptors (Lipinski definition) is 7. The zero-order valence-corrected chi connectivity index (χ0v) is 18.6. The van der Waals surface area contributed by atoms with Crippen LogP contribution < -0.4 is 0 Å². The highest BCUT2D eigenvalue weighted by molar-refractivity contribution is 7.09. The van der Waals surface area contributed by atoms with Gasteiger partial charge in [0.05, 0.1) is 23.9 Å². The molecule has 2 aliphatic rings. The number of amides is 1. The molecule has 2 fully saturated rings. The van der Waals surface area contributed by atoms with Gasteiger partial charge in [0.25, 0.3) is 0 Å². The summed E-state index contributed by atoms with van der Waals surface area (Å²) in [6.07, 6.45) is -2.79. The summed E-state index contributed by atoms with van der Waals surface area (Å²) >= 11 is 1.73. The fourth-order valence-electron chi connectivity index (χ4n) is 3.63. The summed E-state index contributed by atoms with van der Waals surface area (Å²) in [5.74, 6) is -2.75. The normalized spacial score (nSPS) is 23.6. The number of aliphatic carboxylic acids is 1. The first kappa shape index (κ1) is 25.5. The molecule has 1 aromatic heterocycles. The highest BCUT2D eigenvalue weighted by Gasteiger charge is 2.48. The van der Waals surface area contributed by atoms with Crippen LogP contribution in [0.3, 0.4) is 0 Å². The predicted molar refractivity (Wildman–Crippen MR) is 107 cm³/mol. The highest BCUT2D eigenvalue weighted by Crippen LogP contribution is 2.41. The van der Waals surface area contributed by atoms with Crippen LogP contribution in [-0.4, -0.2) is 91.1 Å². The van der Waals surface area contributed by atoms with Crippen molar-refractivity contribution in [3.8, 4) is 0 Å². The van der Waals surface area contributed by atoms with Crippen LogP contribution in [0.25, 0.3) is 0 Å². The second kappa shape index (κ2) is 10.7. The number of ether oxygens (including phenoxy) is 2. The molecule has 3 rings (SSSR count). The monoisotopic (exact) mass is 467 g/mol. The lowest BCUT2D eigenvalue weighted by molar-refractivity contribution is -0.192. The minimum atomic E-state index is -5.08. The smallest absolute Gasteiger partial charge is 0.475 e. The molecule has 0 radical (unpaired) electrons. The molecule has 0 bridgehead atoms. The minimum absolute atomic E-state index is 0.00909. The highest BCUT2D eigenvalue weighted by atomic mass is 32.1. The molecule has 1 N–H and O–H groups in total. The van der Waals surface area contributed by atoms with Gasteiger partial charge in [-0.1, -0.05) is 0 Å². The van der Waals surface area contributed by atoms with E-state index in [0.29, 0.717) is 6.61 Å². The average molecular weight is 468 g/mol. The fourth-order valence-corrected chi connectivity index (χ4v) is 4.45. The molecule has 1 amide bonds. The number of likely N-dealkylation sites (N-methyl/N-ethyl adjacent to an activating group) is 1. The van der Waals surface area contributed by atoms with E-state index in [-0.39, 0.29) is 24.0 Å². The molecule has 31 heavy (non-hydrogen) atoms. The molecular weight excluding hydrogens is 439 g/mol. The zero-order valence-electron chi connectivity index (χ0n) is 17.8. The third kappa shape index (κ3) is 7.13. The van der Waals surface area contributed by atoms with Gasteiger partial charge >= 0.3 is 12.1 Å². The number of alkyl halides is 3. The van der Waals surface area contributed by atoms with Gasteiger partial charge in [-0.15, -0.1) is 11.3 Å². The molecule has 2 aliphatic heterocycles. The molecule has 0 aromatic carbocycles. The Balaban J connectivity index is 0.000000423. The Bertz CT molecular complexity index is 758. The van der Waals surface area contributed by atoms with E-state index in [1.54, 1.807) is 30.3 Å². The molecular formula is C19H28F3N3O5S. The van der Waals surface area contributed by atoms with E-state index in [0.717, 1.165) is 44.8 Å². The predicted octanol–water partition coefficient (Wildman–Crippen LogP) is 2.17. The van der Waals surface area contributed by atoms with Gasteiger partial charge in [0.2, 0.25) is 5.91 Å². The molecule has 2 atom stereocenters. The summed E-state index contributed by atoms with van der Waals surface area (Å²) in [5, 5.41) is 7.12. The number of rotatable bonds is 6. The Kier molecular flexibility index (Phi) is 8.81. The van der Waals surface area contributed by atoms with Crippen molar-refractivity contribution in [2.24, 2.45) is 5.41 Å². The molecule has 0 spiro atoms. The molecule has 1 aromatic rings. The lowest BCUT2D eigenvalue weighted by atomic mass is 9.77. The Morgan fingerprint density at radius 1 is 1.45 bits per heavy atom. The van der Waals surface area contributed by atoms with E-state index in [4.69, 9.17) is 19.4 Å². The Morgan fingerprint density at radius 3 is 2.68 bits per heavy atom. The molecule has 3 heterocycles. The number of likely N-dealkylation sites (tertiary alicyclic amines) is 1. The fraction of sp³-hybridized carbons (Fsp3) is 0.737. The second-order valence-electron chi connectivity index (χ2n) is 7.92. The molecule has 0 saturated carbocycles. The van der Waals surface area contributed by atoms with E-state index < -0.39 is 12.1 Å². The summed E-state index contributed by atoms with van der Waals surface area (Å²) in [5.41, 5.74) is 3.07. The topological polar surface area (TPSA) is 92.2 Å². The average Bonchev–Trinajstić information content (AvgIpc) is 3.27. The lowest BCUT2D eigenvalue weighted by Gasteiger charge is -2.43. The maximum absolute atomic E-state index is 11.7. The quantitative estimate of drug-likeness (QED) is 0.686. The van der Waals surface area contributed by atoms with Crippen molar-refractivity contribution in [1.82, 2.24) is 14.8 Å². The maximum Gasteiger partial charge on any atom is 0.490 e. The summed E-state index contributed by atoms with van der Waals surface area (Å²) in [4.78, 5) is 30.4. The SMILES string of the molecule is Cc1ncsc1CN1CC[C@H]2OCC[C@@]2(COCC(=O)N(C)C)C1.O=C(O)C(F)(F)F. The number of carboxylic acids is 1. The molecule has 12 heteroatoms. The number of carbonyl (C=O) groups is 2. The number of thiazole rings is 1. The second-order valence-corrected chi connectivity index (χ2v) is 8.86. The summed E-state index contributed by atoms with van der Waals surface area (Å²) < 4.78 is 43.5. The van der Waals surface area contributed by atoms with Gasteiger partial charge in [0.1, 0.15) is 6.61 Å². The first-order valence-corrected chi connectivity index (χ1v) is 10.6. The van der Waals surface area contributed by atoms with Crippen LogP contribution in [0.1, 0.15) is 23.4 Å². The van der Waals surface area contributed by atoms with Gasteiger partial charge in [0, 0.05) is 50.6 Å². The number of hydrogen-bond donors (Lipinski definition) is 1. The van der Waals surface area contributed by atoms with Gasteiger partial charge in [-0.25, -0.2) is 9.78 Å². The van der Waals surface area contributed by atoms with Crippen LogP contribution in [0.4, 0.5) is 13.2 Å². The number of fused-ring (bicyclic) bond motifs is 1. The Labute approximate surface area is 182 Å². The standard InChI is InChI=1S/C17H27N3O3S.C2HF3O2/c1-13-14(24-12-18-13)8-20-6-4-15-17(10-20,5-7-23-15)11-22-9-16(21)19(2)3;3-2(4,5)1(6)7/h12,15H,4-11H2,1-3H3;(H,6,7)/t15-,17+;/m1./s1. The van der Waals surface area contributed by atoms with Crippen LogP contribution in [0.2, 0.25) is 0 Å². The van der Waals surface area contributed by atoms with Crippen molar-refractivity contribution in [3.63, 3.8) is 0 Å². The van der Waals surface area contributed by atoms with Gasteiger partial charge < -0.3 is 19.5 Å². The van der Waals surface area contributed by atoms with Gasteiger partial charge in [-0.05, 0) is 19.8 Å². The number of carbonyl (C=O) groups excluding carboxylic acids is 1. The van der Waals surface area contributed by atoms with Crippen molar-refractivity contribution in [1.29, 1.82) is 0 Å². The van der Waals surface area contributed by atoms with Crippen molar-refractivity contribution in [2.75, 3.05) is 47.0 Å². The van der Waals surface area contributed by atoms with E-state index in [2.05, 4.69) is 16.8 Å². The van der Waals surface area contributed by atoms with Gasteiger partial charge in [-0.3, -0.25) is 9.69 Å². The lowest BCUT2D eigenvalue weighted by Crippen LogP contribution is -2.51. The van der Waals surface area contributed by atoms with E-state index in [9.17, 15) is 18.0 Å². The first-order chi connectivity index (χ1) is 14.4. The minimum Gasteiger partial charge on any atom is -0.475 e. The number of carboxylic acid groups (broad SMARTS) is 1. The first-order valence-electron chi connectivity index (χ1n) is 9.75. The summed E-state index contributed by atoms with van der Waals surface area (Å²) in [7, 11) is 3.51. The molecule has 0 unspecified atom stereocenters. The third-order valence-electron chi connectivity index (χ3n) is 5.42. The molecule has 8 nitrogen and oxygen atoms in total. The number of piperidine rings is 1. The number of halogens is 3. The Hall–Kier alpha value is -1.76. The van der Waals surface area contributed by atoms with E-state index in [1.165, 1.54) is 4.88 Å². The van der Waals surface area contributed by atoms with Crippen molar-refractivity contribution in [2.45, 2.75) is 38.6 Å². The van der Waals surface area contributed by atoms with Crippen LogP contribution in [0, 0.1) is 12.3 Å². The maximum atomic E-state index is 11.7. The van der Waals surface area contributed by atoms with E-state index >= 15 is 0 Å². The van der Waals surface area contributed by atoms with Gasteiger partial charge in [0.15, 0.2) is 0 Å². The van der Waals surface area contributed by atoms with Crippen molar-refractivity contribution in [3.05, 3.63) is 16.1 Å². The van der Waals surface area contributed by atoms with Crippen LogP contribution in [0.15, 0.2) is 5.51 Å². The summed E-state index contributed by atoms with van der Waals surface area (Å²) in [6, 6.07) is 0. The number of aryl methyl sites for hydroxylation is 1. The van der Waals surface area contributed by atoms with Crippen LogP contribution in [-0.2, 0) is 25.6 Å². The number of nitrogens with zero attached hydrogens (tertiary/aromatic N) is 3. The summed E-state index contributed by atoms with van der Waals surface area (Å²) in [6.45, 7) is 6.56. The molecule has 0 aliphatic carbocycles. The van der Waals surface area contributed by atoms with Crippen LogP contribution in [0.5, 0.6) is 0 Å².